The van der Waals surface area contributed by atoms with Gasteiger partial charge in [0, 0.05) is 29.8 Å². The van der Waals surface area contributed by atoms with Gasteiger partial charge in [-0.2, -0.15) is 0 Å². The molecule has 0 aromatic heterocycles. The standard InChI is InChI=1S/C19H17F2NO3/c1-25-19(24)13-4-2-12(3-5-13)18(23)22(16-8-9-16)11-14-6-7-15(20)10-17(14)21/h2-7,10,16H,8-9,11H2,1H3. The predicted octanol–water partition coefficient (Wildman–Crippen LogP) is 3.56. The molecule has 3 rings (SSSR count). The molecule has 0 heterocycles. The third-order valence-electron chi connectivity index (χ3n) is 4.16. The van der Waals surface area contributed by atoms with Crippen LogP contribution in [0.1, 0.15) is 39.1 Å². The summed E-state index contributed by atoms with van der Waals surface area (Å²) in [5.41, 5.74) is 1.02. The van der Waals surface area contributed by atoms with Gasteiger partial charge in [-0.25, -0.2) is 13.6 Å². The maximum absolute atomic E-state index is 13.9. The summed E-state index contributed by atoms with van der Waals surface area (Å²) in [5, 5.41) is 0. The number of halogens is 2. The first kappa shape index (κ1) is 17.1. The van der Waals surface area contributed by atoms with Crippen LogP contribution < -0.4 is 0 Å². The van der Waals surface area contributed by atoms with Crippen molar-refractivity contribution in [2.24, 2.45) is 0 Å². The fraction of sp³-hybridized carbons (Fsp3) is 0.263. The number of rotatable bonds is 5. The quantitative estimate of drug-likeness (QED) is 0.779. The van der Waals surface area contributed by atoms with E-state index in [0.717, 1.165) is 18.9 Å². The van der Waals surface area contributed by atoms with Crippen LogP contribution in [0.5, 0.6) is 0 Å². The smallest absolute Gasteiger partial charge is 0.337 e. The number of methoxy groups -OCH3 is 1. The lowest BCUT2D eigenvalue weighted by Crippen LogP contribution is -2.33. The first-order valence-electron chi connectivity index (χ1n) is 7.93. The number of benzene rings is 2. The Morgan fingerprint density at radius 2 is 1.72 bits per heavy atom. The average Bonchev–Trinajstić information content (AvgIpc) is 3.45. The first-order chi connectivity index (χ1) is 12.0. The zero-order valence-electron chi connectivity index (χ0n) is 13.7. The molecule has 0 radical (unpaired) electrons. The Balaban J connectivity index is 1.80. The number of carbonyl (C=O) groups is 2. The molecule has 1 amide bonds. The fourth-order valence-corrected chi connectivity index (χ4v) is 2.62. The highest BCUT2D eigenvalue weighted by atomic mass is 19.1. The van der Waals surface area contributed by atoms with E-state index in [2.05, 4.69) is 4.74 Å². The van der Waals surface area contributed by atoms with Gasteiger partial charge in [-0.05, 0) is 43.2 Å². The van der Waals surface area contributed by atoms with Crippen LogP contribution in [0.2, 0.25) is 0 Å². The second-order valence-electron chi connectivity index (χ2n) is 5.97. The first-order valence-corrected chi connectivity index (χ1v) is 7.93. The Kier molecular flexibility index (Phi) is 4.79. The second-order valence-corrected chi connectivity index (χ2v) is 5.97. The maximum atomic E-state index is 13.9. The Morgan fingerprint density at radius 3 is 2.28 bits per heavy atom. The van der Waals surface area contributed by atoms with Crippen molar-refractivity contribution in [1.82, 2.24) is 4.90 Å². The van der Waals surface area contributed by atoms with Crippen LogP contribution in [-0.4, -0.2) is 29.9 Å². The van der Waals surface area contributed by atoms with Crippen molar-refractivity contribution in [2.45, 2.75) is 25.4 Å². The summed E-state index contributed by atoms with van der Waals surface area (Å²) in [6.45, 7) is 0.0777. The van der Waals surface area contributed by atoms with Gasteiger partial charge in [0.15, 0.2) is 0 Å². The van der Waals surface area contributed by atoms with Crippen molar-refractivity contribution in [1.29, 1.82) is 0 Å². The number of hydrogen-bond donors (Lipinski definition) is 0. The molecule has 6 heteroatoms. The highest BCUT2D eigenvalue weighted by Gasteiger charge is 2.33. The molecule has 1 fully saturated rings. The number of carbonyl (C=O) groups excluding carboxylic acids is 2. The van der Waals surface area contributed by atoms with Crippen LogP contribution in [0, 0.1) is 11.6 Å². The number of amides is 1. The average molecular weight is 345 g/mol. The molecule has 4 nitrogen and oxygen atoms in total. The Labute approximate surface area is 144 Å². The Hall–Kier alpha value is -2.76. The van der Waals surface area contributed by atoms with Crippen molar-refractivity contribution in [3.63, 3.8) is 0 Å². The Bertz CT molecular complexity index is 801. The van der Waals surface area contributed by atoms with E-state index in [9.17, 15) is 18.4 Å². The number of nitrogens with zero attached hydrogens (tertiary/aromatic N) is 1. The van der Waals surface area contributed by atoms with Gasteiger partial charge >= 0.3 is 5.97 Å². The minimum absolute atomic E-state index is 0.0530. The van der Waals surface area contributed by atoms with E-state index in [1.165, 1.54) is 31.4 Å². The molecule has 0 spiro atoms. The highest BCUT2D eigenvalue weighted by Crippen LogP contribution is 2.30. The number of hydrogen-bond acceptors (Lipinski definition) is 3. The summed E-state index contributed by atoms with van der Waals surface area (Å²) in [7, 11) is 1.29. The van der Waals surface area contributed by atoms with Crippen molar-refractivity contribution in [3.8, 4) is 0 Å². The SMILES string of the molecule is COC(=O)c1ccc(C(=O)N(Cc2ccc(F)cc2F)C2CC2)cc1. The van der Waals surface area contributed by atoms with Crippen molar-refractivity contribution in [3.05, 3.63) is 70.8 Å². The topological polar surface area (TPSA) is 46.6 Å². The van der Waals surface area contributed by atoms with Gasteiger partial charge in [-0.3, -0.25) is 4.79 Å². The van der Waals surface area contributed by atoms with Crippen molar-refractivity contribution < 1.29 is 23.1 Å². The molecule has 0 saturated heterocycles. The zero-order chi connectivity index (χ0) is 18.0. The van der Waals surface area contributed by atoms with Gasteiger partial charge in [0.25, 0.3) is 5.91 Å². The third-order valence-corrected chi connectivity index (χ3v) is 4.16. The molecule has 0 N–H and O–H groups in total. The van der Waals surface area contributed by atoms with E-state index in [-0.39, 0.29) is 24.1 Å². The molecule has 0 bridgehead atoms. The molecule has 1 saturated carbocycles. The zero-order valence-corrected chi connectivity index (χ0v) is 13.7. The van der Waals surface area contributed by atoms with Gasteiger partial charge in [-0.15, -0.1) is 0 Å². The predicted molar refractivity (Wildman–Crippen MR) is 87.0 cm³/mol. The molecule has 0 aliphatic heterocycles. The minimum Gasteiger partial charge on any atom is -0.465 e. The van der Waals surface area contributed by atoms with Crippen LogP contribution in [0.3, 0.4) is 0 Å². The second kappa shape index (κ2) is 7.01. The van der Waals surface area contributed by atoms with E-state index < -0.39 is 17.6 Å². The van der Waals surface area contributed by atoms with E-state index in [4.69, 9.17) is 0 Å². The molecule has 2 aromatic carbocycles. The fourth-order valence-electron chi connectivity index (χ4n) is 2.62. The summed E-state index contributed by atoms with van der Waals surface area (Å²) in [6.07, 6.45) is 1.71. The molecule has 0 atom stereocenters. The van der Waals surface area contributed by atoms with Gasteiger partial charge in [0.05, 0.1) is 12.7 Å². The highest BCUT2D eigenvalue weighted by molar-refractivity contribution is 5.96. The van der Waals surface area contributed by atoms with Gasteiger partial charge in [0.1, 0.15) is 11.6 Å². The molecular formula is C19H17F2NO3. The summed E-state index contributed by atoms with van der Waals surface area (Å²) in [5.74, 6) is -2.04. The van der Waals surface area contributed by atoms with Crippen LogP contribution in [0.15, 0.2) is 42.5 Å². The number of ether oxygens (including phenoxy) is 1. The van der Waals surface area contributed by atoms with Crippen LogP contribution in [0.25, 0.3) is 0 Å². The van der Waals surface area contributed by atoms with Crippen LogP contribution in [-0.2, 0) is 11.3 Å². The lowest BCUT2D eigenvalue weighted by molar-refractivity contribution is 0.0599. The molecular weight excluding hydrogens is 328 g/mol. The summed E-state index contributed by atoms with van der Waals surface area (Å²) >= 11 is 0. The maximum Gasteiger partial charge on any atom is 0.337 e. The lowest BCUT2D eigenvalue weighted by Gasteiger charge is -2.23. The molecule has 1 aliphatic carbocycles. The van der Waals surface area contributed by atoms with E-state index in [1.807, 2.05) is 0 Å². The molecule has 2 aromatic rings. The van der Waals surface area contributed by atoms with Crippen LogP contribution in [0.4, 0.5) is 8.78 Å². The summed E-state index contributed by atoms with van der Waals surface area (Å²) < 4.78 is 31.6. The van der Waals surface area contributed by atoms with Crippen LogP contribution >= 0.6 is 0 Å². The summed E-state index contributed by atoms with van der Waals surface area (Å²) in [4.78, 5) is 25.8. The normalized spacial score (nSPS) is 13.4. The van der Waals surface area contributed by atoms with Crippen molar-refractivity contribution >= 4 is 11.9 Å². The molecule has 0 unspecified atom stereocenters. The van der Waals surface area contributed by atoms with Gasteiger partial charge in [0.2, 0.25) is 0 Å². The van der Waals surface area contributed by atoms with Crippen molar-refractivity contribution in [2.75, 3.05) is 7.11 Å². The molecule has 1 aliphatic rings. The number of esters is 1. The molecule has 130 valence electrons. The third kappa shape index (κ3) is 3.84. The minimum atomic E-state index is -0.667. The largest absolute Gasteiger partial charge is 0.465 e. The van der Waals surface area contributed by atoms with Gasteiger partial charge in [-0.1, -0.05) is 6.07 Å². The molecule has 25 heavy (non-hydrogen) atoms. The lowest BCUT2D eigenvalue weighted by atomic mass is 10.1. The van der Waals surface area contributed by atoms with Gasteiger partial charge < -0.3 is 9.64 Å². The Morgan fingerprint density at radius 1 is 1.08 bits per heavy atom. The van der Waals surface area contributed by atoms with E-state index in [0.29, 0.717) is 11.1 Å². The summed E-state index contributed by atoms with van der Waals surface area (Å²) in [6, 6.07) is 9.53. The van der Waals surface area contributed by atoms with E-state index in [1.54, 1.807) is 17.0 Å². The monoisotopic (exact) mass is 345 g/mol. The van der Waals surface area contributed by atoms with E-state index >= 15 is 0 Å².